The van der Waals surface area contributed by atoms with Crippen LogP contribution >= 0.6 is 0 Å². The second kappa shape index (κ2) is 33.7. The summed E-state index contributed by atoms with van der Waals surface area (Å²) in [6, 6.07) is 7.69. The number of nitrogens with zero attached hydrogens (tertiary/aromatic N) is 1. The Labute approximate surface area is 526 Å². The van der Waals surface area contributed by atoms with Gasteiger partial charge in [0.15, 0.2) is 17.3 Å². The summed E-state index contributed by atoms with van der Waals surface area (Å²) in [5.74, 6) is -14.3. The highest BCUT2D eigenvalue weighted by atomic mass is 32.2. The Kier molecular flexibility index (Phi) is 26.6. The fourth-order valence-corrected chi connectivity index (χ4v) is 13.0. The third-order valence-electron chi connectivity index (χ3n) is 17.1. The monoisotopic (exact) mass is 1270 g/mol. The van der Waals surface area contributed by atoms with Crippen LogP contribution in [0.25, 0.3) is 10.9 Å². The van der Waals surface area contributed by atoms with Crippen molar-refractivity contribution >= 4 is 98.0 Å². The first-order chi connectivity index (χ1) is 42.8. The third-order valence-corrected chi connectivity index (χ3v) is 18.6. The minimum atomic E-state index is -2.34. The van der Waals surface area contributed by atoms with Crippen molar-refractivity contribution in [3.8, 4) is 0 Å². The number of fused-ring (bicyclic) bond motifs is 5. The summed E-state index contributed by atoms with van der Waals surface area (Å²) in [7, 11) is -2.34. The quantitative estimate of drug-likeness (QED) is 0.0631. The molecule has 25 nitrogen and oxygen atoms in total. The molecule has 26 heteroatoms. The Bertz CT molecular complexity index is 3190. The number of primary amides is 1. The van der Waals surface area contributed by atoms with E-state index >= 15 is 4.21 Å². The molecular weight excluding hydrogens is 1180 g/mol. The van der Waals surface area contributed by atoms with E-state index in [9.17, 15) is 67.4 Å². The number of aliphatic hydroxyl groups is 1. The Morgan fingerprint density at radius 1 is 0.767 bits per heavy atom. The summed E-state index contributed by atoms with van der Waals surface area (Å²) >= 11 is 0. The molecule has 490 valence electrons. The second-order valence-corrected chi connectivity index (χ2v) is 25.7. The number of ketones is 4. The predicted octanol–water partition coefficient (Wildman–Crippen LogP) is 1.13. The molecule has 3 aliphatic heterocycles. The zero-order valence-electron chi connectivity index (χ0n) is 52.2. The molecule has 90 heavy (non-hydrogen) atoms. The van der Waals surface area contributed by atoms with Gasteiger partial charge in [-0.05, 0) is 66.3 Å². The molecule has 4 heterocycles. The van der Waals surface area contributed by atoms with Gasteiger partial charge in [0.1, 0.15) is 22.9 Å². The highest BCUT2D eigenvalue weighted by Crippen LogP contribution is 2.32. The number of Topliss-reactive ketones (excluding diaryl/α,β-unsaturated/α-hetero) is 4. The average Bonchev–Trinajstić information content (AvgIpc) is 1.66. The number of nitrogens with one attached hydrogen (secondary N) is 8. The van der Waals surface area contributed by atoms with E-state index in [4.69, 9.17) is 5.73 Å². The molecule has 11 N–H and O–H groups in total. The molecule has 6 rings (SSSR count). The van der Waals surface area contributed by atoms with Crippen molar-refractivity contribution in [2.75, 3.05) is 31.9 Å². The molecule has 9 amide bonds. The number of carbonyl (C=O) groups excluding carboxylic acids is 13. The van der Waals surface area contributed by atoms with Crippen molar-refractivity contribution in [1.29, 1.82) is 0 Å². The Hall–Kier alpha value is -8.00. The molecule has 1 aromatic heterocycles. The topological polar surface area (TPSA) is 388 Å². The van der Waals surface area contributed by atoms with Gasteiger partial charge in [-0.1, -0.05) is 97.2 Å². The van der Waals surface area contributed by atoms with E-state index in [2.05, 4.69) is 42.2 Å². The van der Waals surface area contributed by atoms with Crippen LogP contribution in [0.4, 0.5) is 0 Å². The van der Waals surface area contributed by atoms with Gasteiger partial charge in [0.25, 0.3) is 0 Å². The van der Waals surface area contributed by atoms with E-state index in [1.54, 1.807) is 52.8 Å². The number of hydrogen-bond donors (Lipinski definition) is 10. The summed E-state index contributed by atoms with van der Waals surface area (Å²) < 4.78 is 15.2. The minimum absolute atomic E-state index is 0.0177. The highest BCUT2D eigenvalue weighted by molar-refractivity contribution is 7.85. The zero-order chi connectivity index (χ0) is 65.9. The van der Waals surface area contributed by atoms with Crippen LogP contribution in [-0.2, 0) is 92.4 Å². The number of carbonyl (C=O) groups is 13. The first-order valence-electron chi connectivity index (χ1n) is 31.2. The molecule has 1 saturated heterocycles. The van der Waals surface area contributed by atoms with Gasteiger partial charge in [0.2, 0.25) is 53.2 Å². The van der Waals surface area contributed by atoms with Gasteiger partial charge in [0.05, 0.1) is 59.8 Å². The molecule has 0 saturated carbocycles. The molecular formula is C64H88N10O15S. The van der Waals surface area contributed by atoms with Crippen LogP contribution in [0.2, 0.25) is 0 Å². The van der Waals surface area contributed by atoms with Gasteiger partial charge in [-0.25, -0.2) is 0 Å². The van der Waals surface area contributed by atoms with Crippen LogP contribution in [0.3, 0.4) is 0 Å². The van der Waals surface area contributed by atoms with Crippen LogP contribution in [0, 0.1) is 29.6 Å². The van der Waals surface area contributed by atoms with Crippen LogP contribution in [0.5, 0.6) is 0 Å². The highest BCUT2D eigenvalue weighted by Gasteiger charge is 2.45. The Morgan fingerprint density at radius 2 is 1.44 bits per heavy atom. The lowest BCUT2D eigenvalue weighted by Gasteiger charge is -2.31. The van der Waals surface area contributed by atoms with Crippen molar-refractivity contribution < 1.29 is 71.6 Å². The van der Waals surface area contributed by atoms with Crippen molar-refractivity contribution in [3.05, 3.63) is 65.2 Å². The number of aromatic nitrogens is 1. The molecule has 0 aliphatic carbocycles. The van der Waals surface area contributed by atoms with Crippen LogP contribution in [0.1, 0.15) is 135 Å². The maximum absolute atomic E-state index is 15.2. The zero-order valence-corrected chi connectivity index (χ0v) is 53.0. The summed E-state index contributed by atoms with van der Waals surface area (Å²) in [6.07, 6.45) is -1.31. The number of amides is 9. The van der Waals surface area contributed by atoms with E-state index in [0.717, 1.165) is 16.9 Å². The van der Waals surface area contributed by atoms with Crippen molar-refractivity contribution in [3.63, 3.8) is 0 Å². The average molecular weight is 1270 g/mol. The SMILES string of the molecule is CCCCC(=O)N[C@H](Cc1ccccc1)C(=O)C[C@H](C)C(=O)NCCCC(=O)Cc1ccc2[nH]c3c(c2c1)C[C@@H]1CC(=O)[C@H](C(C)CC)NC(=O)[C@@H]2C[C@@H](O)CN2C(=O)[C@H](CC(N)=O)CC(=O)[C@H](CS3=O)NC(=O)CNC(=O)[C@H]([C@@H](C)CC)NC(=O)CNC1=O. The standard InChI is InChI=1S/C64H88N10O15S/c1-7-10-18-54(81)69-47(25-38-15-12-11-13-16-38)50(77)22-37(6)59(84)66-21-14-17-42(75)23-39-19-20-46-44(24-39)45-26-40-27-52(79)57(35(4)8-2)73-61(86)49-30-43(76)33-74(49)64(88)41(29-53(65)80)28-51(78)48(34-90(89)63(45)71-46)70-55(82)31-68-62(87)58(36(5)9-3)72-56(83)32-67-60(40)85/h11-13,15-16,19-20,24,35-37,40-41,43,47-49,57-58,71,76H,7-10,14,17-18,21-23,25-34H2,1-6H3,(H2,65,80)(H,66,84)(H,67,85)(H,68,87)(H,69,81)(H,70,82)(H,72,83)(H,73,86)/t35?,36-,37-,40+,41-,43+,47+,48-,49-,57-,58-,90?/m0/s1. The predicted molar refractivity (Wildman–Crippen MR) is 332 cm³/mol. The number of benzene rings is 2. The van der Waals surface area contributed by atoms with Gasteiger partial charge < -0.3 is 57.9 Å². The first kappa shape index (κ1) is 71.1. The summed E-state index contributed by atoms with van der Waals surface area (Å²) in [4.78, 5) is 185. The summed E-state index contributed by atoms with van der Waals surface area (Å²) in [6.45, 7) is 8.76. The van der Waals surface area contributed by atoms with Gasteiger partial charge in [-0.15, -0.1) is 0 Å². The molecule has 2 bridgehead atoms. The maximum Gasteiger partial charge on any atom is 0.243 e. The van der Waals surface area contributed by atoms with Crippen molar-refractivity contribution in [2.24, 2.45) is 35.3 Å². The molecule has 2 unspecified atom stereocenters. The summed E-state index contributed by atoms with van der Waals surface area (Å²) in [5, 5.41) is 29.8. The molecule has 12 atom stereocenters. The van der Waals surface area contributed by atoms with Crippen LogP contribution < -0.4 is 43.0 Å². The Balaban J connectivity index is 1.33. The number of aromatic amines is 1. The fraction of sp³-hybridized carbons (Fsp3) is 0.578. The van der Waals surface area contributed by atoms with E-state index in [0.29, 0.717) is 35.7 Å². The molecule has 0 spiro atoms. The lowest BCUT2D eigenvalue weighted by molar-refractivity contribution is -0.145. The van der Waals surface area contributed by atoms with E-state index < -0.39 is 180 Å². The lowest BCUT2D eigenvalue weighted by Crippen LogP contribution is -2.56. The molecule has 1 fully saturated rings. The third kappa shape index (κ3) is 20.0. The minimum Gasteiger partial charge on any atom is -0.391 e. The van der Waals surface area contributed by atoms with Gasteiger partial charge in [-0.3, -0.25) is 66.5 Å². The van der Waals surface area contributed by atoms with Crippen LogP contribution in [-0.4, -0.2) is 164 Å². The van der Waals surface area contributed by atoms with Crippen LogP contribution in [0.15, 0.2) is 53.6 Å². The van der Waals surface area contributed by atoms with Crippen molar-refractivity contribution in [2.45, 2.75) is 179 Å². The maximum atomic E-state index is 15.2. The van der Waals surface area contributed by atoms with Gasteiger partial charge in [0, 0.05) is 87.2 Å². The molecule has 0 radical (unpaired) electrons. The lowest BCUT2D eigenvalue weighted by atomic mass is 9.86. The number of nitrogens with two attached hydrogens (primary N) is 1. The van der Waals surface area contributed by atoms with Gasteiger partial charge >= 0.3 is 0 Å². The van der Waals surface area contributed by atoms with E-state index in [1.165, 1.54) is 0 Å². The summed E-state index contributed by atoms with van der Waals surface area (Å²) in [5.41, 5.74) is 7.50. The second-order valence-electron chi connectivity index (χ2n) is 24.3. The van der Waals surface area contributed by atoms with E-state index in [1.807, 2.05) is 37.3 Å². The number of H-pyrrole nitrogens is 1. The molecule has 2 aromatic carbocycles. The number of rotatable bonds is 22. The Morgan fingerprint density at radius 3 is 2.12 bits per heavy atom. The molecule has 3 aromatic rings. The van der Waals surface area contributed by atoms with Gasteiger partial charge in [-0.2, -0.15) is 0 Å². The smallest absolute Gasteiger partial charge is 0.243 e. The largest absolute Gasteiger partial charge is 0.391 e. The normalized spacial score (nSPS) is 24.0. The number of unbranched alkanes of at least 4 members (excludes halogenated alkanes) is 1. The molecule has 3 aliphatic rings. The first-order valence-corrected chi connectivity index (χ1v) is 32.6. The number of hydrogen-bond acceptors (Lipinski definition) is 15. The fourth-order valence-electron chi connectivity index (χ4n) is 11.5. The van der Waals surface area contributed by atoms with Crippen molar-refractivity contribution in [1.82, 2.24) is 47.1 Å². The van der Waals surface area contributed by atoms with E-state index in [-0.39, 0.29) is 86.0 Å². The number of aliphatic hydroxyl groups excluding tert-OH is 1.